The van der Waals surface area contributed by atoms with Crippen molar-refractivity contribution < 1.29 is 18.6 Å². The minimum absolute atomic E-state index is 0.219. The monoisotopic (exact) mass is 311 g/mol. The van der Waals surface area contributed by atoms with Gasteiger partial charge in [0, 0.05) is 18.7 Å². The van der Waals surface area contributed by atoms with Gasteiger partial charge in [0.2, 0.25) is 0 Å². The lowest BCUT2D eigenvalue weighted by Gasteiger charge is -2.41. The average Bonchev–Trinajstić information content (AvgIpc) is 2.82. The van der Waals surface area contributed by atoms with E-state index in [0.29, 0.717) is 23.7 Å². The maximum Gasteiger partial charge on any atom is 0.338 e. The minimum Gasteiger partial charge on any atom is -0.457 e. The molecule has 2 heterocycles. The zero-order valence-corrected chi connectivity index (χ0v) is 12.8. The van der Waals surface area contributed by atoms with Gasteiger partial charge >= 0.3 is 5.97 Å². The number of fused-ring (bicyclic) bond motifs is 1. The van der Waals surface area contributed by atoms with Gasteiger partial charge in [-0.15, -0.1) is 0 Å². The van der Waals surface area contributed by atoms with E-state index in [1.165, 1.54) is 5.56 Å². The molecule has 1 aromatic carbocycles. The van der Waals surface area contributed by atoms with Crippen molar-refractivity contribution >= 4 is 16.6 Å². The van der Waals surface area contributed by atoms with Crippen LogP contribution in [-0.2, 0) is 17.8 Å². The summed E-state index contributed by atoms with van der Waals surface area (Å²) in [5, 5.41) is 0. The smallest absolute Gasteiger partial charge is 0.338 e. The fourth-order valence-corrected chi connectivity index (χ4v) is 4.14. The molecular formula is C15H21NO4S. The first-order valence-electron chi connectivity index (χ1n) is 7.28. The first-order valence-corrected chi connectivity index (χ1v) is 9.17. The molecule has 21 heavy (non-hydrogen) atoms. The Morgan fingerprint density at radius 3 is 2.76 bits per heavy atom. The third-order valence-corrected chi connectivity index (χ3v) is 5.83. The van der Waals surface area contributed by atoms with Crippen molar-refractivity contribution in [2.24, 2.45) is 0 Å². The van der Waals surface area contributed by atoms with Gasteiger partial charge in [-0.1, -0.05) is 12.1 Å². The first kappa shape index (κ1) is 14.8. The van der Waals surface area contributed by atoms with E-state index in [4.69, 9.17) is 4.74 Å². The highest BCUT2D eigenvalue weighted by atomic mass is 32.3. The zero-order chi connectivity index (χ0) is 14.9. The topological polar surface area (TPSA) is 70.0 Å². The lowest BCUT2D eigenvalue weighted by Crippen LogP contribution is -2.38. The normalized spacial score (nSPS) is 22.7. The molecule has 5 nitrogen and oxygen atoms in total. The van der Waals surface area contributed by atoms with Crippen LogP contribution in [-0.4, -0.2) is 51.1 Å². The zero-order valence-electron chi connectivity index (χ0n) is 12.0. The molecule has 1 saturated heterocycles. The third-order valence-electron chi connectivity index (χ3n) is 4.16. The summed E-state index contributed by atoms with van der Waals surface area (Å²) < 4.78 is 24.2. The number of aryl methyl sites for hydroxylation is 1. The Labute approximate surface area is 126 Å². The number of carbonyl (C=O) groups excluding carboxylic acids is 1. The lowest BCUT2D eigenvalue weighted by molar-refractivity contribution is 0.0535. The van der Waals surface area contributed by atoms with Crippen molar-refractivity contribution in [2.75, 3.05) is 31.1 Å². The van der Waals surface area contributed by atoms with Crippen LogP contribution in [0.2, 0.25) is 0 Å². The highest BCUT2D eigenvalue weighted by molar-refractivity contribution is 8.24. The van der Waals surface area contributed by atoms with E-state index in [9.17, 15) is 13.9 Å². The summed E-state index contributed by atoms with van der Waals surface area (Å²) in [6.45, 7) is 2.91. The molecule has 0 aromatic heterocycles. The summed E-state index contributed by atoms with van der Waals surface area (Å²) in [6.07, 6.45) is 2.00. The predicted octanol–water partition coefficient (Wildman–Crippen LogP) is 2.36. The molecule has 1 aromatic rings. The maximum absolute atomic E-state index is 11.4. The Morgan fingerprint density at radius 1 is 1.24 bits per heavy atom. The van der Waals surface area contributed by atoms with Crippen LogP contribution in [0.1, 0.15) is 27.9 Å². The Morgan fingerprint density at radius 2 is 2.00 bits per heavy atom. The molecule has 0 saturated carbocycles. The van der Waals surface area contributed by atoms with Gasteiger partial charge < -0.3 is 9.64 Å². The molecule has 1 fully saturated rings. The molecule has 0 atom stereocenters. The van der Waals surface area contributed by atoms with Crippen LogP contribution in [0.25, 0.3) is 0 Å². The van der Waals surface area contributed by atoms with Gasteiger partial charge in [0.15, 0.2) is 0 Å². The molecule has 2 N–H and O–H groups in total. The number of nitrogens with zero attached hydrogens (tertiary/aromatic N) is 1. The second-order valence-corrected chi connectivity index (χ2v) is 8.14. The molecule has 2 aliphatic rings. The van der Waals surface area contributed by atoms with Crippen LogP contribution in [0.4, 0.5) is 0 Å². The molecule has 2 aliphatic heterocycles. The molecule has 116 valence electrons. The number of esters is 1. The summed E-state index contributed by atoms with van der Waals surface area (Å²) in [4.78, 5) is 13.7. The second-order valence-electron chi connectivity index (χ2n) is 5.72. The molecular weight excluding hydrogens is 290 g/mol. The summed E-state index contributed by atoms with van der Waals surface area (Å²) in [7, 11) is -2.29. The van der Waals surface area contributed by atoms with Crippen LogP contribution < -0.4 is 0 Å². The third kappa shape index (κ3) is 3.58. The van der Waals surface area contributed by atoms with Gasteiger partial charge in [0.1, 0.15) is 6.61 Å². The van der Waals surface area contributed by atoms with E-state index < -0.39 is 10.6 Å². The molecule has 0 spiro atoms. The molecule has 0 unspecified atom stereocenters. The fraction of sp³-hybridized carbons (Fsp3) is 0.533. The van der Waals surface area contributed by atoms with Gasteiger partial charge in [0.05, 0.1) is 17.1 Å². The number of carbonyl (C=O) groups is 1. The summed E-state index contributed by atoms with van der Waals surface area (Å²) in [5.74, 6) is 0.792. The number of hydrogen-bond acceptors (Lipinski definition) is 5. The van der Waals surface area contributed by atoms with Gasteiger partial charge in [-0.2, -0.15) is 10.6 Å². The van der Waals surface area contributed by atoms with Crippen LogP contribution >= 0.6 is 10.6 Å². The van der Waals surface area contributed by atoms with Crippen molar-refractivity contribution in [3.63, 3.8) is 0 Å². The van der Waals surface area contributed by atoms with E-state index in [1.54, 1.807) is 0 Å². The lowest BCUT2D eigenvalue weighted by atomic mass is 10.0. The first-order chi connectivity index (χ1) is 10.0. The highest BCUT2D eigenvalue weighted by Crippen LogP contribution is 2.40. The molecule has 6 heteroatoms. The molecule has 0 radical (unpaired) electrons. The van der Waals surface area contributed by atoms with Crippen LogP contribution in [0, 0.1) is 0 Å². The number of benzene rings is 1. The van der Waals surface area contributed by atoms with Crippen LogP contribution in [0.15, 0.2) is 18.2 Å². The van der Waals surface area contributed by atoms with E-state index in [0.717, 1.165) is 38.0 Å². The minimum atomic E-state index is -2.29. The van der Waals surface area contributed by atoms with Crippen LogP contribution in [0.3, 0.4) is 0 Å². The van der Waals surface area contributed by atoms with E-state index >= 15 is 0 Å². The van der Waals surface area contributed by atoms with Gasteiger partial charge in [-0.25, -0.2) is 4.79 Å². The van der Waals surface area contributed by atoms with Crippen LogP contribution in [0.5, 0.6) is 0 Å². The van der Waals surface area contributed by atoms with E-state index in [2.05, 4.69) is 11.0 Å². The second kappa shape index (κ2) is 5.96. The summed E-state index contributed by atoms with van der Waals surface area (Å²) in [6, 6.07) is 5.92. The average molecular weight is 311 g/mol. The molecule has 0 amide bonds. The molecule has 0 aliphatic carbocycles. The van der Waals surface area contributed by atoms with E-state index in [1.807, 2.05) is 12.1 Å². The SMILES string of the molecule is O=C1OCc2cc(CCCN3CCS(O)(O)CC3)ccc21. The van der Waals surface area contributed by atoms with Crippen molar-refractivity contribution in [1.29, 1.82) is 0 Å². The highest BCUT2D eigenvalue weighted by Gasteiger charge is 2.22. The van der Waals surface area contributed by atoms with Crippen molar-refractivity contribution in [1.82, 2.24) is 4.90 Å². The fourth-order valence-electron chi connectivity index (χ4n) is 2.84. The summed E-state index contributed by atoms with van der Waals surface area (Å²) >= 11 is 0. The van der Waals surface area contributed by atoms with Gasteiger partial charge in [0.25, 0.3) is 0 Å². The van der Waals surface area contributed by atoms with Crippen molar-refractivity contribution in [3.8, 4) is 0 Å². The van der Waals surface area contributed by atoms with Gasteiger partial charge in [-0.05, 0) is 31.0 Å². The van der Waals surface area contributed by atoms with Crippen molar-refractivity contribution in [2.45, 2.75) is 19.4 Å². The quantitative estimate of drug-likeness (QED) is 0.835. The van der Waals surface area contributed by atoms with Crippen molar-refractivity contribution in [3.05, 3.63) is 34.9 Å². The van der Waals surface area contributed by atoms with Gasteiger partial charge in [-0.3, -0.25) is 9.11 Å². The maximum atomic E-state index is 11.4. The molecule has 3 rings (SSSR count). The number of ether oxygens (including phenoxy) is 1. The Kier molecular flexibility index (Phi) is 4.21. The number of cyclic esters (lactones) is 1. The number of hydrogen-bond donors (Lipinski definition) is 2. The Bertz CT molecular complexity index is 536. The standard InChI is InChI=1S/C15H21NO4S/c17-15-14-4-3-12(10-13(14)11-20-15)2-1-5-16-6-8-21(18,19)9-7-16/h3-4,10,18-19H,1-2,5-9,11H2. The molecule has 0 bridgehead atoms. The Balaban J connectivity index is 1.47. The Hall–Kier alpha value is -1.08. The number of rotatable bonds is 4. The van der Waals surface area contributed by atoms with E-state index in [-0.39, 0.29) is 5.97 Å². The largest absolute Gasteiger partial charge is 0.457 e. The predicted molar refractivity (Wildman–Crippen MR) is 82.9 cm³/mol. The summed E-state index contributed by atoms with van der Waals surface area (Å²) in [5.41, 5.74) is 2.91.